The van der Waals surface area contributed by atoms with Gasteiger partial charge in [0, 0.05) is 40.3 Å². The number of halogens is 1. The first-order valence-electron chi connectivity index (χ1n) is 5.79. The van der Waals surface area contributed by atoms with Crippen LogP contribution in [-0.4, -0.2) is 14.4 Å². The third-order valence-corrected chi connectivity index (χ3v) is 3.56. The zero-order chi connectivity index (χ0) is 13.2. The lowest BCUT2D eigenvalue weighted by atomic mass is 10.1. The maximum Gasteiger partial charge on any atom is 0.261 e. The highest BCUT2D eigenvalue weighted by Crippen LogP contribution is 2.08. The van der Waals surface area contributed by atoms with Gasteiger partial charge in [-0.3, -0.25) is 14.2 Å². The van der Waals surface area contributed by atoms with Crippen molar-refractivity contribution in [2.45, 2.75) is 6.42 Å². The molecule has 0 fully saturated rings. The molecule has 0 atom stereocenters. The largest absolute Gasteiger partial charge is 0.269 e. The number of aromatic nitrogens is 3. The van der Waals surface area contributed by atoms with Crippen LogP contribution in [0.4, 0.5) is 0 Å². The molecule has 5 heteroatoms. The summed E-state index contributed by atoms with van der Waals surface area (Å²) in [6.45, 7) is 0. The van der Waals surface area contributed by atoms with Crippen LogP contribution in [0.5, 0.6) is 0 Å². The molecule has 0 N–H and O–H groups in total. The fraction of sp³-hybridized carbons (Fsp3) is 0.0714. The number of hydrogen-bond acceptors (Lipinski definition) is 3. The smallest absolute Gasteiger partial charge is 0.261 e. The van der Waals surface area contributed by atoms with E-state index in [-0.39, 0.29) is 5.56 Å². The fourth-order valence-electron chi connectivity index (χ4n) is 1.93. The molecule has 0 saturated carbocycles. The minimum atomic E-state index is -0.0155. The first-order chi connectivity index (χ1) is 9.24. The Hall–Kier alpha value is -1.76. The van der Waals surface area contributed by atoms with Crippen LogP contribution < -0.4 is 5.56 Å². The highest BCUT2D eigenvalue weighted by Gasteiger charge is 2.06. The molecule has 19 heavy (non-hydrogen) atoms. The third kappa shape index (κ3) is 2.51. The van der Waals surface area contributed by atoms with Crippen molar-refractivity contribution in [3.8, 4) is 0 Å². The maximum absolute atomic E-state index is 12.3. The maximum atomic E-state index is 12.3. The Balaban J connectivity index is 2.08. The highest BCUT2D eigenvalue weighted by molar-refractivity contribution is 14.1. The molecular weight excluding hydrogens is 353 g/mol. The molecule has 0 bridgehead atoms. The van der Waals surface area contributed by atoms with Gasteiger partial charge in [0.2, 0.25) is 0 Å². The van der Waals surface area contributed by atoms with Gasteiger partial charge < -0.3 is 0 Å². The molecule has 0 aliphatic rings. The van der Waals surface area contributed by atoms with Gasteiger partial charge in [0.15, 0.2) is 0 Å². The van der Waals surface area contributed by atoms with Gasteiger partial charge in [-0.05, 0) is 52.4 Å². The average Bonchev–Trinajstić information content (AvgIpc) is 2.43. The number of hydrogen-bond donors (Lipinski definition) is 0. The van der Waals surface area contributed by atoms with Crippen molar-refractivity contribution in [2.75, 3.05) is 0 Å². The van der Waals surface area contributed by atoms with Crippen LogP contribution in [0.3, 0.4) is 0 Å². The van der Waals surface area contributed by atoms with Gasteiger partial charge in [0.25, 0.3) is 5.56 Å². The Kier molecular flexibility index (Phi) is 3.29. The van der Waals surface area contributed by atoms with Gasteiger partial charge in [-0.2, -0.15) is 0 Å². The lowest BCUT2D eigenvalue weighted by Gasteiger charge is -2.04. The number of pyridine rings is 2. The van der Waals surface area contributed by atoms with Crippen LogP contribution in [-0.2, 0) is 6.42 Å². The summed E-state index contributed by atoms with van der Waals surface area (Å²) in [5.74, 6) is 0. The third-order valence-electron chi connectivity index (χ3n) is 2.89. The minimum absolute atomic E-state index is 0.0155. The predicted molar refractivity (Wildman–Crippen MR) is 81.2 cm³/mol. The van der Waals surface area contributed by atoms with E-state index in [1.807, 2.05) is 24.3 Å². The molecule has 3 heterocycles. The summed E-state index contributed by atoms with van der Waals surface area (Å²) in [7, 11) is 0. The van der Waals surface area contributed by atoms with E-state index < -0.39 is 0 Å². The van der Waals surface area contributed by atoms with Crippen LogP contribution in [0.15, 0.2) is 53.8 Å². The van der Waals surface area contributed by atoms with E-state index in [1.165, 1.54) is 0 Å². The van der Waals surface area contributed by atoms with E-state index in [9.17, 15) is 4.79 Å². The van der Waals surface area contributed by atoms with Crippen molar-refractivity contribution in [1.29, 1.82) is 0 Å². The molecule has 0 aromatic carbocycles. The molecule has 0 spiro atoms. The molecule has 0 aliphatic carbocycles. The van der Waals surface area contributed by atoms with Gasteiger partial charge in [-0.1, -0.05) is 0 Å². The first-order valence-corrected chi connectivity index (χ1v) is 6.86. The molecule has 0 aliphatic heterocycles. The standard InChI is InChI=1S/C14H10IN3O/c15-12-3-6-18-13(8-12)17-9-11(14(18)19)7-10-1-4-16-5-2-10/h1-6,8-9H,7H2. The Morgan fingerprint density at radius 2 is 2.00 bits per heavy atom. The van der Waals surface area contributed by atoms with E-state index >= 15 is 0 Å². The van der Waals surface area contributed by atoms with Crippen LogP contribution in [0.1, 0.15) is 11.1 Å². The van der Waals surface area contributed by atoms with Gasteiger partial charge in [-0.15, -0.1) is 0 Å². The molecule has 4 nitrogen and oxygen atoms in total. The molecule has 0 radical (unpaired) electrons. The molecule has 0 saturated heterocycles. The van der Waals surface area contributed by atoms with Crippen LogP contribution in [0.2, 0.25) is 0 Å². The Morgan fingerprint density at radius 3 is 2.79 bits per heavy atom. The topological polar surface area (TPSA) is 47.3 Å². The molecule has 3 aromatic heterocycles. The second-order valence-corrected chi connectivity index (χ2v) is 5.44. The summed E-state index contributed by atoms with van der Waals surface area (Å²) in [6, 6.07) is 7.59. The summed E-state index contributed by atoms with van der Waals surface area (Å²) < 4.78 is 2.64. The monoisotopic (exact) mass is 363 g/mol. The number of rotatable bonds is 2. The van der Waals surface area contributed by atoms with Crippen molar-refractivity contribution >= 4 is 28.2 Å². The van der Waals surface area contributed by atoms with E-state index in [1.54, 1.807) is 29.2 Å². The lowest BCUT2D eigenvalue weighted by molar-refractivity contribution is 0.979. The van der Waals surface area contributed by atoms with Crippen molar-refractivity contribution in [2.24, 2.45) is 0 Å². The molecule has 3 rings (SSSR count). The van der Waals surface area contributed by atoms with Crippen LogP contribution in [0.25, 0.3) is 5.65 Å². The zero-order valence-corrected chi connectivity index (χ0v) is 12.1. The summed E-state index contributed by atoms with van der Waals surface area (Å²) in [4.78, 5) is 20.7. The summed E-state index contributed by atoms with van der Waals surface area (Å²) >= 11 is 2.20. The van der Waals surface area contributed by atoms with Crippen molar-refractivity contribution in [3.05, 3.63) is 74.1 Å². The van der Waals surface area contributed by atoms with Gasteiger partial charge in [0.05, 0.1) is 0 Å². The second kappa shape index (κ2) is 5.08. The molecule has 94 valence electrons. The van der Waals surface area contributed by atoms with Gasteiger partial charge >= 0.3 is 0 Å². The molecular formula is C14H10IN3O. The highest BCUT2D eigenvalue weighted by atomic mass is 127. The van der Waals surface area contributed by atoms with E-state index in [0.29, 0.717) is 17.6 Å². The summed E-state index contributed by atoms with van der Waals surface area (Å²) in [5.41, 5.74) is 2.40. The van der Waals surface area contributed by atoms with Gasteiger partial charge in [-0.25, -0.2) is 4.98 Å². The SMILES string of the molecule is O=c1c(Cc2ccncc2)cnc2cc(I)ccn12. The molecule has 0 amide bonds. The molecule has 3 aromatic rings. The van der Waals surface area contributed by atoms with Crippen molar-refractivity contribution < 1.29 is 0 Å². The first kappa shape index (κ1) is 12.3. The normalized spacial score (nSPS) is 10.8. The average molecular weight is 363 g/mol. The Morgan fingerprint density at radius 1 is 1.21 bits per heavy atom. The quantitative estimate of drug-likeness (QED) is 0.657. The lowest BCUT2D eigenvalue weighted by Crippen LogP contribution is -2.19. The van der Waals surface area contributed by atoms with Crippen molar-refractivity contribution in [3.63, 3.8) is 0 Å². The Bertz CT molecular complexity index is 784. The van der Waals surface area contributed by atoms with E-state index in [2.05, 4.69) is 32.6 Å². The van der Waals surface area contributed by atoms with Crippen LogP contribution in [0, 0.1) is 3.57 Å². The predicted octanol–water partition coefficient (Wildman–Crippen LogP) is 2.28. The van der Waals surface area contributed by atoms with Crippen molar-refractivity contribution in [1.82, 2.24) is 14.4 Å². The van der Waals surface area contributed by atoms with Crippen LogP contribution >= 0.6 is 22.6 Å². The fourth-order valence-corrected chi connectivity index (χ4v) is 2.37. The molecule has 0 unspecified atom stereocenters. The number of fused-ring (bicyclic) bond motifs is 1. The minimum Gasteiger partial charge on any atom is -0.269 e. The second-order valence-electron chi connectivity index (χ2n) is 4.19. The van der Waals surface area contributed by atoms with Gasteiger partial charge in [0.1, 0.15) is 5.65 Å². The number of nitrogens with zero attached hydrogens (tertiary/aromatic N) is 3. The Labute approximate surface area is 123 Å². The van der Waals surface area contributed by atoms with E-state index in [4.69, 9.17) is 0 Å². The summed E-state index contributed by atoms with van der Waals surface area (Å²) in [6.07, 6.45) is 7.45. The van der Waals surface area contributed by atoms with E-state index in [0.717, 1.165) is 9.13 Å². The zero-order valence-electron chi connectivity index (χ0n) is 9.95. The summed E-state index contributed by atoms with van der Waals surface area (Å²) in [5, 5.41) is 0.